The SMILES string of the molecule is CN=C(NCC(c1cnn(C)c1)N(C)C)N1CCN(c2ccccc2)CC1. The minimum Gasteiger partial charge on any atom is -0.368 e. The van der Waals surface area contributed by atoms with Gasteiger partial charge in [0.25, 0.3) is 0 Å². The van der Waals surface area contributed by atoms with Crippen LogP contribution in [0.5, 0.6) is 0 Å². The second-order valence-corrected chi connectivity index (χ2v) is 7.16. The molecule has 3 rings (SSSR count). The first kappa shape index (κ1) is 19.2. The highest BCUT2D eigenvalue weighted by atomic mass is 15.4. The molecule has 0 saturated carbocycles. The Balaban J connectivity index is 1.56. The van der Waals surface area contributed by atoms with Crippen molar-refractivity contribution in [1.82, 2.24) is 24.9 Å². The fourth-order valence-electron chi connectivity index (χ4n) is 3.55. The Morgan fingerprint density at radius 1 is 1.19 bits per heavy atom. The summed E-state index contributed by atoms with van der Waals surface area (Å²) in [6.45, 7) is 4.74. The molecule has 2 aromatic rings. The normalized spacial score (nSPS) is 16.7. The van der Waals surface area contributed by atoms with E-state index in [1.54, 1.807) is 0 Å². The van der Waals surface area contributed by atoms with Crippen LogP contribution in [0.1, 0.15) is 11.6 Å². The van der Waals surface area contributed by atoms with Crippen molar-refractivity contribution in [3.63, 3.8) is 0 Å². The summed E-state index contributed by atoms with van der Waals surface area (Å²) in [6, 6.07) is 10.9. The van der Waals surface area contributed by atoms with Crippen molar-refractivity contribution in [2.24, 2.45) is 12.0 Å². The third-order valence-electron chi connectivity index (χ3n) is 5.10. The molecule has 0 aliphatic carbocycles. The summed E-state index contributed by atoms with van der Waals surface area (Å²) in [4.78, 5) is 11.5. The van der Waals surface area contributed by atoms with Gasteiger partial charge in [0, 0.05) is 64.3 Å². The van der Waals surface area contributed by atoms with Crippen LogP contribution in [0.15, 0.2) is 47.7 Å². The second kappa shape index (κ2) is 8.90. The van der Waals surface area contributed by atoms with E-state index in [9.17, 15) is 0 Å². The van der Waals surface area contributed by atoms with Crippen LogP contribution in [0, 0.1) is 0 Å². The third kappa shape index (κ3) is 4.80. The number of guanidine groups is 1. The van der Waals surface area contributed by atoms with E-state index in [2.05, 4.69) is 80.7 Å². The van der Waals surface area contributed by atoms with E-state index in [-0.39, 0.29) is 6.04 Å². The van der Waals surface area contributed by atoms with E-state index in [1.807, 2.05) is 25.0 Å². The molecule has 1 N–H and O–H groups in total. The van der Waals surface area contributed by atoms with E-state index in [0.717, 1.165) is 38.7 Å². The summed E-state index contributed by atoms with van der Waals surface area (Å²) in [6.07, 6.45) is 4.02. The molecule has 1 atom stereocenters. The molecule has 2 heterocycles. The van der Waals surface area contributed by atoms with Crippen LogP contribution >= 0.6 is 0 Å². The lowest BCUT2D eigenvalue weighted by molar-refractivity contribution is 0.292. The number of nitrogens with zero attached hydrogens (tertiary/aromatic N) is 6. The summed E-state index contributed by atoms with van der Waals surface area (Å²) in [5.74, 6) is 0.971. The zero-order valence-electron chi connectivity index (χ0n) is 16.8. The fraction of sp³-hybridized carbons (Fsp3) is 0.500. The number of para-hydroxylation sites is 1. The van der Waals surface area contributed by atoms with Crippen LogP contribution in [0.4, 0.5) is 5.69 Å². The highest BCUT2D eigenvalue weighted by Crippen LogP contribution is 2.17. The van der Waals surface area contributed by atoms with Crippen LogP contribution < -0.4 is 10.2 Å². The van der Waals surface area contributed by atoms with E-state index >= 15 is 0 Å². The minimum atomic E-state index is 0.251. The first-order valence-corrected chi connectivity index (χ1v) is 9.49. The molecule has 1 saturated heterocycles. The van der Waals surface area contributed by atoms with Crippen LogP contribution in [-0.4, -0.2) is 79.4 Å². The summed E-state index contributed by atoms with van der Waals surface area (Å²) in [5.41, 5.74) is 2.50. The minimum absolute atomic E-state index is 0.251. The van der Waals surface area contributed by atoms with Gasteiger partial charge in [-0.1, -0.05) is 18.2 Å². The lowest BCUT2D eigenvalue weighted by Gasteiger charge is -2.38. The molecule has 7 heteroatoms. The van der Waals surface area contributed by atoms with Gasteiger partial charge in [-0.25, -0.2) is 0 Å². The third-order valence-corrected chi connectivity index (χ3v) is 5.10. The Hall–Kier alpha value is -2.54. The zero-order chi connectivity index (χ0) is 19.2. The molecule has 0 amide bonds. The predicted molar refractivity (Wildman–Crippen MR) is 111 cm³/mol. The quantitative estimate of drug-likeness (QED) is 0.638. The number of rotatable bonds is 5. The van der Waals surface area contributed by atoms with Gasteiger partial charge >= 0.3 is 0 Å². The number of piperazine rings is 1. The first-order chi connectivity index (χ1) is 13.1. The van der Waals surface area contributed by atoms with Crippen LogP contribution in [0.25, 0.3) is 0 Å². The number of nitrogens with one attached hydrogen (secondary N) is 1. The standard InChI is InChI=1S/C20H31N7/c1-21-20(22-15-19(24(2)3)17-14-23-25(4)16-17)27-12-10-26(11-13-27)18-8-6-5-7-9-18/h5-9,14,16,19H,10-13,15H2,1-4H3,(H,21,22). The lowest BCUT2D eigenvalue weighted by atomic mass is 10.1. The van der Waals surface area contributed by atoms with Crippen molar-refractivity contribution >= 4 is 11.6 Å². The predicted octanol–water partition coefficient (Wildman–Crippen LogP) is 1.42. The monoisotopic (exact) mass is 369 g/mol. The molecule has 0 bridgehead atoms. The van der Waals surface area contributed by atoms with Crippen LogP contribution in [0.3, 0.4) is 0 Å². The average Bonchev–Trinajstić information content (AvgIpc) is 3.12. The van der Waals surface area contributed by atoms with Gasteiger partial charge < -0.3 is 20.0 Å². The Bertz CT molecular complexity index is 730. The topological polar surface area (TPSA) is 51.9 Å². The van der Waals surface area contributed by atoms with Crippen molar-refractivity contribution in [1.29, 1.82) is 0 Å². The number of anilines is 1. The summed E-state index contributed by atoms with van der Waals surface area (Å²) in [7, 11) is 8.01. The molecule has 1 aromatic heterocycles. The molecule has 1 fully saturated rings. The average molecular weight is 370 g/mol. The summed E-state index contributed by atoms with van der Waals surface area (Å²) >= 11 is 0. The maximum Gasteiger partial charge on any atom is 0.193 e. The summed E-state index contributed by atoms with van der Waals surface area (Å²) in [5, 5.41) is 7.87. The second-order valence-electron chi connectivity index (χ2n) is 7.16. The van der Waals surface area contributed by atoms with Gasteiger partial charge in [0.15, 0.2) is 5.96 Å². The molecule has 1 aliphatic rings. The van der Waals surface area contributed by atoms with E-state index in [4.69, 9.17) is 0 Å². The number of aliphatic imine (C=N–C) groups is 1. The van der Waals surface area contributed by atoms with Crippen molar-refractivity contribution < 1.29 is 0 Å². The number of aromatic nitrogens is 2. The van der Waals surface area contributed by atoms with E-state index in [1.165, 1.54) is 11.3 Å². The van der Waals surface area contributed by atoms with Gasteiger partial charge in [-0.3, -0.25) is 9.67 Å². The lowest BCUT2D eigenvalue weighted by Crippen LogP contribution is -2.53. The van der Waals surface area contributed by atoms with Gasteiger partial charge in [0.2, 0.25) is 0 Å². The maximum atomic E-state index is 4.51. The Morgan fingerprint density at radius 2 is 1.89 bits per heavy atom. The Morgan fingerprint density at radius 3 is 2.44 bits per heavy atom. The van der Waals surface area contributed by atoms with Crippen LogP contribution in [0.2, 0.25) is 0 Å². The zero-order valence-corrected chi connectivity index (χ0v) is 16.8. The Labute approximate surface area is 162 Å². The smallest absolute Gasteiger partial charge is 0.193 e. The molecular formula is C20H31N7. The number of hydrogen-bond donors (Lipinski definition) is 1. The highest BCUT2D eigenvalue weighted by molar-refractivity contribution is 5.80. The fourth-order valence-corrected chi connectivity index (χ4v) is 3.55. The van der Waals surface area contributed by atoms with Crippen molar-refractivity contribution in [3.8, 4) is 0 Å². The van der Waals surface area contributed by atoms with Gasteiger partial charge in [-0.15, -0.1) is 0 Å². The first-order valence-electron chi connectivity index (χ1n) is 9.49. The molecule has 0 radical (unpaired) electrons. The van der Waals surface area contributed by atoms with Crippen LogP contribution in [-0.2, 0) is 7.05 Å². The van der Waals surface area contributed by atoms with Gasteiger partial charge in [0.05, 0.1) is 12.2 Å². The van der Waals surface area contributed by atoms with Gasteiger partial charge in [-0.05, 0) is 26.2 Å². The highest BCUT2D eigenvalue weighted by Gasteiger charge is 2.22. The molecular weight excluding hydrogens is 338 g/mol. The van der Waals surface area contributed by atoms with Crippen molar-refractivity contribution in [3.05, 3.63) is 48.3 Å². The summed E-state index contributed by atoms with van der Waals surface area (Å²) < 4.78 is 1.85. The molecule has 146 valence electrons. The van der Waals surface area contributed by atoms with Gasteiger partial charge in [-0.2, -0.15) is 5.10 Å². The van der Waals surface area contributed by atoms with Crippen molar-refractivity contribution in [2.45, 2.75) is 6.04 Å². The number of benzene rings is 1. The van der Waals surface area contributed by atoms with E-state index in [0.29, 0.717) is 0 Å². The van der Waals surface area contributed by atoms with E-state index < -0.39 is 0 Å². The van der Waals surface area contributed by atoms with Crippen molar-refractivity contribution in [2.75, 3.05) is 58.8 Å². The number of aryl methyl sites for hydroxylation is 1. The van der Waals surface area contributed by atoms with Gasteiger partial charge in [0.1, 0.15) is 0 Å². The molecule has 1 unspecified atom stereocenters. The number of likely N-dealkylation sites (N-methyl/N-ethyl adjacent to an activating group) is 1. The molecule has 1 aliphatic heterocycles. The molecule has 27 heavy (non-hydrogen) atoms. The number of hydrogen-bond acceptors (Lipinski definition) is 4. The Kier molecular flexibility index (Phi) is 6.34. The molecule has 0 spiro atoms. The molecule has 1 aromatic carbocycles. The largest absolute Gasteiger partial charge is 0.368 e. The maximum absolute atomic E-state index is 4.51. The molecule has 7 nitrogen and oxygen atoms in total.